The summed E-state index contributed by atoms with van der Waals surface area (Å²) in [7, 11) is 0. The van der Waals surface area contributed by atoms with Crippen molar-refractivity contribution in [3.05, 3.63) is 29.3 Å². The Morgan fingerprint density at radius 1 is 1.44 bits per heavy atom. The number of alkyl halides is 4. The van der Waals surface area contributed by atoms with Crippen LogP contribution in [0.3, 0.4) is 0 Å². The zero-order valence-corrected chi connectivity index (χ0v) is 8.93. The van der Waals surface area contributed by atoms with E-state index in [1.807, 2.05) is 0 Å². The van der Waals surface area contributed by atoms with E-state index >= 15 is 0 Å². The lowest BCUT2D eigenvalue weighted by atomic mass is 10.0. The third kappa shape index (κ3) is 2.66. The summed E-state index contributed by atoms with van der Waals surface area (Å²) in [6.07, 6.45) is -4.70. The molecule has 16 heavy (non-hydrogen) atoms. The van der Waals surface area contributed by atoms with Crippen LogP contribution in [0.15, 0.2) is 18.2 Å². The molecule has 0 heterocycles. The molecule has 0 amide bonds. The summed E-state index contributed by atoms with van der Waals surface area (Å²) >= 11 is 5.45. The highest BCUT2D eigenvalue weighted by Crippen LogP contribution is 2.34. The maximum Gasteiger partial charge on any atom is 0.417 e. The van der Waals surface area contributed by atoms with Crippen molar-refractivity contribution in [1.29, 1.82) is 0 Å². The average molecular weight is 253 g/mol. The van der Waals surface area contributed by atoms with E-state index in [0.29, 0.717) is 6.07 Å². The molecule has 0 aromatic heterocycles. The van der Waals surface area contributed by atoms with Gasteiger partial charge in [-0.15, -0.1) is 11.6 Å². The van der Waals surface area contributed by atoms with Crippen molar-refractivity contribution in [2.75, 3.05) is 0 Å². The lowest BCUT2D eigenvalue weighted by Gasteiger charge is -2.13. The Labute approximate surface area is 94.6 Å². The summed E-state index contributed by atoms with van der Waals surface area (Å²) in [5, 5.41) is 7.93. The molecule has 1 atom stereocenters. The minimum absolute atomic E-state index is 0.506. The van der Waals surface area contributed by atoms with Crippen molar-refractivity contribution in [3.8, 4) is 5.75 Å². The van der Waals surface area contributed by atoms with Gasteiger partial charge in [0.15, 0.2) is 5.78 Å². The van der Waals surface area contributed by atoms with Crippen molar-refractivity contribution < 1.29 is 23.1 Å². The Balaban J connectivity index is 3.34. The molecule has 1 rings (SSSR count). The summed E-state index contributed by atoms with van der Waals surface area (Å²) in [5.74, 6) is -1.37. The van der Waals surface area contributed by atoms with Gasteiger partial charge in [-0.1, -0.05) is 0 Å². The van der Waals surface area contributed by atoms with Crippen LogP contribution in [0, 0.1) is 0 Å². The molecule has 0 spiro atoms. The molecule has 0 saturated heterocycles. The van der Waals surface area contributed by atoms with Gasteiger partial charge >= 0.3 is 6.18 Å². The number of benzene rings is 1. The van der Waals surface area contributed by atoms with E-state index in [4.69, 9.17) is 16.7 Å². The average Bonchev–Trinajstić information content (AvgIpc) is 2.15. The first-order chi connectivity index (χ1) is 7.23. The van der Waals surface area contributed by atoms with Gasteiger partial charge in [0.25, 0.3) is 0 Å². The number of phenols is 1. The molecule has 0 aliphatic heterocycles. The van der Waals surface area contributed by atoms with E-state index in [2.05, 4.69) is 0 Å². The van der Waals surface area contributed by atoms with Crippen LogP contribution in [-0.4, -0.2) is 16.3 Å². The number of carbonyl (C=O) groups is 1. The van der Waals surface area contributed by atoms with Gasteiger partial charge in [0.2, 0.25) is 0 Å². The number of phenolic OH excluding ortho intramolecular Hbond substituents is 1. The minimum Gasteiger partial charge on any atom is -0.508 e. The molecule has 6 heteroatoms. The van der Waals surface area contributed by atoms with Gasteiger partial charge in [-0.05, 0) is 25.1 Å². The predicted octanol–water partition coefficient (Wildman–Crippen LogP) is 3.22. The normalized spacial score (nSPS) is 13.6. The summed E-state index contributed by atoms with van der Waals surface area (Å²) in [6.45, 7) is 1.29. The number of Topliss-reactive ketones (excluding diaryl/α,β-unsaturated/α-hetero) is 1. The van der Waals surface area contributed by atoms with Crippen molar-refractivity contribution in [1.82, 2.24) is 0 Å². The third-order valence-corrected chi connectivity index (χ3v) is 2.13. The number of carbonyl (C=O) groups excluding carboxylic acids is 1. The smallest absolute Gasteiger partial charge is 0.417 e. The first-order valence-electron chi connectivity index (χ1n) is 4.32. The molecule has 0 aliphatic rings. The van der Waals surface area contributed by atoms with E-state index in [1.165, 1.54) is 6.92 Å². The first-order valence-corrected chi connectivity index (χ1v) is 4.75. The topological polar surface area (TPSA) is 37.3 Å². The molecule has 2 nitrogen and oxygen atoms in total. The Kier molecular flexibility index (Phi) is 3.48. The van der Waals surface area contributed by atoms with Gasteiger partial charge in [-0.2, -0.15) is 13.2 Å². The van der Waals surface area contributed by atoms with Gasteiger partial charge in [-0.3, -0.25) is 4.79 Å². The third-order valence-electron chi connectivity index (χ3n) is 1.94. The monoisotopic (exact) mass is 252 g/mol. The predicted molar refractivity (Wildman–Crippen MR) is 52.8 cm³/mol. The van der Waals surface area contributed by atoms with E-state index in [9.17, 15) is 18.0 Å². The van der Waals surface area contributed by atoms with E-state index in [0.717, 1.165) is 12.1 Å². The van der Waals surface area contributed by atoms with Crippen LogP contribution in [0.25, 0.3) is 0 Å². The maximum atomic E-state index is 12.5. The number of halogens is 4. The SMILES string of the molecule is CC(Cl)C(=O)c1ccc(O)cc1C(F)(F)F. The molecular formula is C10H8ClF3O2. The molecule has 1 aromatic carbocycles. The fourth-order valence-electron chi connectivity index (χ4n) is 1.20. The number of hydrogen-bond acceptors (Lipinski definition) is 2. The number of rotatable bonds is 2. The van der Waals surface area contributed by atoms with Crippen LogP contribution in [0.5, 0.6) is 5.75 Å². The highest BCUT2D eigenvalue weighted by Gasteiger charge is 2.36. The molecule has 0 bridgehead atoms. The summed E-state index contributed by atoms with van der Waals surface area (Å²) in [6, 6.07) is 2.44. The standard InChI is InChI=1S/C10H8ClF3O2/c1-5(11)9(16)7-3-2-6(15)4-8(7)10(12,13)14/h2-5,15H,1H3. The number of ketones is 1. The molecule has 0 fully saturated rings. The van der Waals surface area contributed by atoms with Gasteiger partial charge < -0.3 is 5.11 Å². The second-order valence-electron chi connectivity index (χ2n) is 3.21. The second kappa shape index (κ2) is 4.33. The highest BCUT2D eigenvalue weighted by atomic mass is 35.5. The Morgan fingerprint density at radius 3 is 2.44 bits per heavy atom. The lowest BCUT2D eigenvalue weighted by molar-refractivity contribution is -0.138. The van der Waals surface area contributed by atoms with Crippen LogP contribution < -0.4 is 0 Å². The molecule has 0 aliphatic carbocycles. The molecule has 0 saturated carbocycles. The zero-order chi connectivity index (χ0) is 12.5. The van der Waals surface area contributed by atoms with Crippen molar-refractivity contribution in [3.63, 3.8) is 0 Å². The molecule has 1 unspecified atom stereocenters. The van der Waals surface area contributed by atoms with Crippen LogP contribution in [0.1, 0.15) is 22.8 Å². The summed E-state index contributed by atoms with van der Waals surface area (Å²) in [4.78, 5) is 11.4. The Bertz CT molecular complexity index is 413. The molecule has 88 valence electrons. The van der Waals surface area contributed by atoms with Crippen LogP contribution in [0.2, 0.25) is 0 Å². The van der Waals surface area contributed by atoms with Crippen LogP contribution in [-0.2, 0) is 6.18 Å². The Morgan fingerprint density at radius 2 is 2.00 bits per heavy atom. The van der Waals surface area contributed by atoms with Gasteiger partial charge in [0, 0.05) is 5.56 Å². The van der Waals surface area contributed by atoms with Crippen LogP contribution in [0.4, 0.5) is 13.2 Å². The lowest BCUT2D eigenvalue weighted by Crippen LogP contribution is -2.17. The van der Waals surface area contributed by atoms with Gasteiger partial charge in [-0.25, -0.2) is 0 Å². The molecular weight excluding hydrogens is 245 g/mol. The van der Waals surface area contributed by atoms with E-state index in [1.54, 1.807) is 0 Å². The molecule has 1 N–H and O–H groups in total. The number of aromatic hydroxyl groups is 1. The van der Waals surface area contributed by atoms with Gasteiger partial charge in [0.05, 0.1) is 10.9 Å². The Hall–Kier alpha value is -1.23. The van der Waals surface area contributed by atoms with E-state index < -0.39 is 34.2 Å². The summed E-state index contributed by atoms with van der Waals surface area (Å²) < 4.78 is 37.6. The van der Waals surface area contributed by atoms with Gasteiger partial charge in [0.1, 0.15) is 5.75 Å². The minimum atomic E-state index is -4.70. The van der Waals surface area contributed by atoms with Crippen LogP contribution >= 0.6 is 11.6 Å². The quantitative estimate of drug-likeness (QED) is 0.648. The second-order valence-corrected chi connectivity index (χ2v) is 3.86. The fourth-order valence-corrected chi connectivity index (χ4v) is 1.31. The highest BCUT2D eigenvalue weighted by molar-refractivity contribution is 6.33. The first kappa shape index (κ1) is 12.8. The molecule has 1 aromatic rings. The fraction of sp³-hybridized carbons (Fsp3) is 0.300. The van der Waals surface area contributed by atoms with Crippen molar-refractivity contribution in [2.45, 2.75) is 18.5 Å². The van der Waals surface area contributed by atoms with Crippen molar-refractivity contribution in [2.24, 2.45) is 0 Å². The number of hydrogen-bond donors (Lipinski definition) is 1. The largest absolute Gasteiger partial charge is 0.508 e. The molecule has 0 radical (unpaired) electrons. The zero-order valence-electron chi connectivity index (χ0n) is 8.18. The summed E-state index contributed by atoms with van der Waals surface area (Å²) in [5.41, 5.74) is -1.71. The van der Waals surface area contributed by atoms with Crippen molar-refractivity contribution >= 4 is 17.4 Å². The maximum absolute atomic E-state index is 12.5. The van der Waals surface area contributed by atoms with E-state index in [-0.39, 0.29) is 0 Å².